The molecule has 0 saturated heterocycles. The van der Waals surface area contributed by atoms with Crippen molar-refractivity contribution < 1.29 is 19.3 Å². The van der Waals surface area contributed by atoms with Crippen molar-refractivity contribution in [1.29, 1.82) is 0 Å². The number of aliphatic hydroxyl groups excluding tert-OH is 2. The smallest absolute Gasteiger partial charge is 0.253 e. The number of fused-ring (bicyclic) bond motifs is 1. The van der Waals surface area contributed by atoms with E-state index in [0.29, 0.717) is 9.22 Å². The molecule has 1 atom stereocenters. The molecule has 160 valence electrons. The number of pyridine rings is 2. The predicted octanol–water partition coefficient (Wildman–Crippen LogP) is 1.85. The van der Waals surface area contributed by atoms with Crippen molar-refractivity contribution in [1.82, 2.24) is 9.13 Å². The van der Waals surface area contributed by atoms with Crippen molar-refractivity contribution >= 4 is 45.0 Å². The number of aromatic nitrogens is 2. The summed E-state index contributed by atoms with van der Waals surface area (Å²) in [4.78, 5) is 25.6. The number of hydrogen-bond acceptors (Lipinski definition) is 6. The van der Waals surface area contributed by atoms with E-state index >= 15 is 0 Å². The summed E-state index contributed by atoms with van der Waals surface area (Å²) in [6.45, 7) is -0.389. The lowest BCUT2D eigenvalue weighted by Crippen LogP contribution is -2.25. The quantitative estimate of drug-likeness (QED) is 0.404. The van der Waals surface area contributed by atoms with Gasteiger partial charge in [0.05, 0.1) is 29.1 Å². The van der Waals surface area contributed by atoms with Crippen LogP contribution in [-0.2, 0) is 14.1 Å². The zero-order chi connectivity index (χ0) is 22.0. The molecular weight excluding hydrogens is 508 g/mol. The molecule has 10 heteroatoms. The third-order valence-electron chi connectivity index (χ3n) is 4.60. The highest BCUT2D eigenvalue weighted by Gasteiger charge is 2.18. The second kappa shape index (κ2) is 9.14. The monoisotopic (exact) mass is 529 g/mol. The van der Waals surface area contributed by atoms with Gasteiger partial charge in [0, 0.05) is 30.3 Å². The average molecular weight is 529 g/mol. The number of nitrogens with one attached hydrogen (secondary N) is 1. The van der Waals surface area contributed by atoms with Gasteiger partial charge in [0.2, 0.25) is 5.43 Å². The van der Waals surface area contributed by atoms with Crippen LogP contribution in [0.25, 0.3) is 11.0 Å². The lowest BCUT2D eigenvalue weighted by molar-refractivity contribution is 0.0815. The van der Waals surface area contributed by atoms with Crippen molar-refractivity contribution in [2.75, 3.05) is 18.5 Å². The van der Waals surface area contributed by atoms with E-state index in [1.165, 1.54) is 36.0 Å². The molecule has 30 heavy (non-hydrogen) atoms. The number of rotatable bonds is 7. The van der Waals surface area contributed by atoms with E-state index in [2.05, 4.69) is 5.32 Å². The first-order valence-corrected chi connectivity index (χ1v) is 10.2. The molecule has 3 rings (SSSR count). The lowest BCUT2D eigenvalue weighted by Gasteiger charge is -2.17. The van der Waals surface area contributed by atoms with Crippen molar-refractivity contribution in [3.63, 3.8) is 0 Å². The summed E-state index contributed by atoms with van der Waals surface area (Å²) in [6, 6.07) is 5.79. The number of aliphatic hydroxyl groups is 2. The molecule has 0 saturated carbocycles. The summed E-state index contributed by atoms with van der Waals surface area (Å²) >= 11 is 1.98. The van der Waals surface area contributed by atoms with Crippen LogP contribution in [0.1, 0.15) is 6.42 Å². The molecule has 0 aliphatic rings. The fraction of sp³-hybridized carbons (Fsp3) is 0.300. The van der Waals surface area contributed by atoms with Gasteiger partial charge in [0.15, 0.2) is 5.75 Å². The minimum absolute atomic E-state index is 0.0354. The van der Waals surface area contributed by atoms with Crippen LogP contribution in [0.4, 0.5) is 15.8 Å². The van der Waals surface area contributed by atoms with Gasteiger partial charge in [0.25, 0.3) is 5.56 Å². The highest BCUT2D eigenvalue weighted by molar-refractivity contribution is 14.1. The summed E-state index contributed by atoms with van der Waals surface area (Å²) in [5.41, 5.74) is -0.294. The predicted molar refractivity (Wildman–Crippen MR) is 120 cm³/mol. The normalized spacial score (nSPS) is 12.2. The third kappa shape index (κ3) is 4.50. The molecule has 2 aromatic heterocycles. The molecule has 0 radical (unpaired) electrons. The molecule has 0 aliphatic carbocycles. The Labute approximate surface area is 184 Å². The number of nitrogens with zero attached hydrogens (tertiary/aromatic N) is 2. The maximum atomic E-state index is 14.4. The van der Waals surface area contributed by atoms with Crippen LogP contribution in [0.2, 0.25) is 0 Å². The Morgan fingerprint density at radius 3 is 2.63 bits per heavy atom. The van der Waals surface area contributed by atoms with Crippen LogP contribution >= 0.6 is 22.6 Å². The van der Waals surface area contributed by atoms with Crippen molar-refractivity contribution in [2.24, 2.45) is 14.1 Å². The van der Waals surface area contributed by atoms with Crippen LogP contribution in [-0.4, -0.2) is 38.7 Å². The molecule has 0 spiro atoms. The molecule has 3 N–H and O–H groups in total. The average Bonchev–Trinajstić information content (AvgIpc) is 2.68. The lowest BCUT2D eigenvalue weighted by atomic mass is 10.2. The molecule has 3 aromatic rings. The van der Waals surface area contributed by atoms with Gasteiger partial charge in [-0.15, -0.1) is 0 Å². The Kier molecular flexibility index (Phi) is 6.78. The zero-order valence-corrected chi connectivity index (χ0v) is 18.5. The number of halogens is 2. The van der Waals surface area contributed by atoms with Gasteiger partial charge in [-0.2, -0.15) is 0 Å². The van der Waals surface area contributed by atoms with Crippen LogP contribution in [0.3, 0.4) is 0 Å². The minimum atomic E-state index is -0.936. The Morgan fingerprint density at radius 2 is 1.97 bits per heavy atom. The molecule has 1 aromatic carbocycles. The molecule has 0 bridgehead atoms. The van der Waals surface area contributed by atoms with E-state index in [-0.39, 0.29) is 47.7 Å². The maximum absolute atomic E-state index is 14.4. The number of ether oxygens (including phenoxy) is 1. The van der Waals surface area contributed by atoms with Crippen LogP contribution in [0.5, 0.6) is 5.75 Å². The van der Waals surface area contributed by atoms with Crippen molar-refractivity contribution in [3.8, 4) is 5.75 Å². The second-order valence-corrected chi connectivity index (χ2v) is 8.06. The summed E-state index contributed by atoms with van der Waals surface area (Å²) < 4.78 is 23.4. The van der Waals surface area contributed by atoms with Gasteiger partial charge < -0.3 is 24.8 Å². The Morgan fingerprint density at radius 1 is 1.23 bits per heavy atom. The number of hydrogen-bond donors (Lipinski definition) is 3. The molecule has 0 fully saturated rings. The van der Waals surface area contributed by atoms with Gasteiger partial charge in [0.1, 0.15) is 18.1 Å². The molecule has 1 unspecified atom stereocenters. The standard InChI is InChI=1S/C20H21FIN3O5/c1-24-9-16(30-10-12(27)5-6-26)19(29)18-15(8-17(28)25(2)20(18)24)23-14-4-3-11(22)7-13(14)21/h3-4,7-9,12,23,26-27H,5-6,10H2,1-2H3. The van der Waals surface area contributed by atoms with Crippen molar-refractivity contribution in [3.05, 3.63) is 60.4 Å². The van der Waals surface area contributed by atoms with E-state index in [9.17, 15) is 19.1 Å². The second-order valence-electron chi connectivity index (χ2n) is 6.81. The highest BCUT2D eigenvalue weighted by atomic mass is 127. The number of anilines is 2. The van der Waals surface area contributed by atoms with E-state index in [4.69, 9.17) is 9.84 Å². The van der Waals surface area contributed by atoms with Gasteiger partial charge in [-0.3, -0.25) is 14.2 Å². The topological polar surface area (TPSA) is 106 Å². The molecule has 2 heterocycles. The number of benzene rings is 1. The Balaban J connectivity index is 2.15. The molecular formula is C20H21FIN3O5. The largest absolute Gasteiger partial charge is 0.485 e. The minimum Gasteiger partial charge on any atom is -0.485 e. The zero-order valence-electron chi connectivity index (χ0n) is 16.4. The Bertz CT molecular complexity index is 1210. The summed E-state index contributed by atoms with van der Waals surface area (Å²) in [5, 5.41) is 21.7. The summed E-state index contributed by atoms with van der Waals surface area (Å²) in [7, 11) is 3.18. The first-order valence-electron chi connectivity index (χ1n) is 9.10. The SMILES string of the molecule is Cn1cc(OCC(O)CCO)c(=O)c2c(Nc3ccc(I)cc3F)cc(=O)n(C)c21. The van der Waals surface area contributed by atoms with E-state index in [1.54, 1.807) is 17.7 Å². The molecule has 8 nitrogen and oxygen atoms in total. The van der Waals surface area contributed by atoms with Gasteiger partial charge >= 0.3 is 0 Å². The molecule has 0 aliphatic heterocycles. The number of aryl methyl sites for hydroxylation is 2. The molecule has 0 amide bonds. The summed E-state index contributed by atoms with van der Waals surface area (Å²) in [5.74, 6) is -0.557. The Hall–Kier alpha value is -2.44. The maximum Gasteiger partial charge on any atom is 0.253 e. The fourth-order valence-corrected chi connectivity index (χ4v) is 3.55. The van der Waals surface area contributed by atoms with Crippen molar-refractivity contribution in [2.45, 2.75) is 12.5 Å². The van der Waals surface area contributed by atoms with Crippen LogP contribution in [0, 0.1) is 9.39 Å². The summed E-state index contributed by atoms with van der Waals surface area (Å²) in [6.07, 6.45) is 0.598. The van der Waals surface area contributed by atoms with Crippen LogP contribution < -0.4 is 21.0 Å². The van der Waals surface area contributed by atoms with E-state index in [0.717, 1.165) is 0 Å². The first-order chi connectivity index (χ1) is 14.2. The fourth-order valence-electron chi connectivity index (χ4n) is 3.10. The first kappa shape index (κ1) is 22.2. The van der Waals surface area contributed by atoms with Gasteiger partial charge in [-0.05, 0) is 47.2 Å². The third-order valence-corrected chi connectivity index (χ3v) is 5.27. The van der Waals surface area contributed by atoms with E-state index in [1.807, 2.05) is 22.6 Å². The van der Waals surface area contributed by atoms with Gasteiger partial charge in [-0.25, -0.2) is 4.39 Å². The van der Waals surface area contributed by atoms with E-state index < -0.39 is 17.3 Å². The van der Waals surface area contributed by atoms with Gasteiger partial charge in [-0.1, -0.05) is 0 Å². The highest BCUT2D eigenvalue weighted by Crippen LogP contribution is 2.26. The van der Waals surface area contributed by atoms with Crippen LogP contribution in [0.15, 0.2) is 40.1 Å².